The largest absolute Gasteiger partial charge is 0.343 e. The van der Waals surface area contributed by atoms with Gasteiger partial charge in [-0.05, 0) is 77.1 Å². The summed E-state index contributed by atoms with van der Waals surface area (Å²) in [6.07, 6.45) is 13.2. The summed E-state index contributed by atoms with van der Waals surface area (Å²) < 4.78 is 2.36. The lowest BCUT2D eigenvalue weighted by Gasteiger charge is -2.18. The standard InChI is InChI=1S/C35H37BrN2/c1-7-10-29-31(17-18-36)35(30-16-15-25(22(2)3)20-32(30)23(4)5)38(6)33(29)21-27-19-26-14-13-24-11-8-9-12-28(24)34(26)37-27/h7-12,15-23H,13-14H2,1-6H3/b10-7-,18-17+,27-21-. The highest BCUT2D eigenvalue weighted by atomic mass is 79.9. The third kappa shape index (κ3) is 4.73. The second-order valence-corrected chi connectivity index (χ2v) is 11.5. The summed E-state index contributed by atoms with van der Waals surface area (Å²) in [5.74, 6) is 0.916. The highest BCUT2D eigenvalue weighted by Gasteiger charge is 2.25. The molecule has 0 N–H and O–H groups in total. The minimum atomic E-state index is 0.417. The molecule has 1 aromatic heterocycles. The molecule has 194 valence electrons. The Kier molecular flexibility index (Phi) is 7.59. The Bertz CT molecular complexity index is 1540. The zero-order valence-electron chi connectivity index (χ0n) is 23.3. The molecule has 0 spiro atoms. The summed E-state index contributed by atoms with van der Waals surface area (Å²) in [4.78, 5) is 7.11. The van der Waals surface area contributed by atoms with Crippen LogP contribution >= 0.6 is 15.9 Å². The number of aryl methyl sites for hydroxylation is 1. The average Bonchev–Trinajstić information content (AvgIpc) is 3.43. The van der Waals surface area contributed by atoms with Crippen molar-refractivity contribution in [2.75, 3.05) is 0 Å². The molecule has 3 aromatic rings. The van der Waals surface area contributed by atoms with E-state index in [1.165, 1.54) is 55.9 Å². The van der Waals surface area contributed by atoms with Gasteiger partial charge in [-0.3, -0.25) is 0 Å². The van der Waals surface area contributed by atoms with Crippen LogP contribution in [0.4, 0.5) is 0 Å². The Morgan fingerprint density at radius 1 is 0.921 bits per heavy atom. The Hall–Kier alpha value is -3.17. The number of allylic oxidation sites excluding steroid dienone is 3. The molecule has 0 unspecified atom stereocenters. The van der Waals surface area contributed by atoms with E-state index in [0.29, 0.717) is 11.8 Å². The normalized spacial score (nSPS) is 16.2. The molecule has 0 saturated heterocycles. The van der Waals surface area contributed by atoms with Gasteiger partial charge in [0.15, 0.2) is 0 Å². The van der Waals surface area contributed by atoms with Gasteiger partial charge in [-0.15, -0.1) is 0 Å². The number of aliphatic imine (C=N–C) groups is 1. The van der Waals surface area contributed by atoms with E-state index in [1.54, 1.807) is 0 Å². The van der Waals surface area contributed by atoms with Crippen LogP contribution in [0.25, 0.3) is 29.5 Å². The molecule has 5 rings (SSSR count). The molecule has 1 aliphatic carbocycles. The van der Waals surface area contributed by atoms with Gasteiger partial charge in [-0.2, -0.15) is 0 Å². The molecule has 3 heteroatoms. The lowest BCUT2D eigenvalue weighted by molar-refractivity contribution is 0.831. The van der Waals surface area contributed by atoms with Gasteiger partial charge in [0.2, 0.25) is 0 Å². The smallest absolute Gasteiger partial charge is 0.0744 e. The molecule has 0 saturated carbocycles. The van der Waals surface area contributed by atoms with Crippen LogP contribution in [0.5, 0.6) is 0 Å². The summed E-state index contributed by atoms with van der Waals surface area (Å²) in [7, 11) is 2.19. The monoisotopic (exact) mass is 564 g/mol. The van der Waals surface area contributed by atoms with Gasteiger partial charge in [-0.25, -0.2) is 4.99 Å². The van der Waals surface area contributed by atoms with Gasteiger partial charge < -0.3 is 4.57 Å². The quantitative estimate of drug-likeness (QED) is 0.283. The number of aromatic nitrogens is 1. The molecule has 1 aliphatic heterocycles. The van der Waals surface area contributed by atoms with Crippen LogP contribution in [-0.4, -0.2) is 10.3 Å². The lowest BCUT2D eigenvalue weighted by Crippen LogP contribution is -2.12. The van der Waals surface area contributed by atoms with Gasteiger partial charge in [0.05, 0.1) is 22.8 Å². The van der Waals surface area contributed by atoms with Crippen LogP contribution < -0.4 is 0 Å². The maximum absolute atomic E-state index is 5.14. The number of fused-ring (bicyclic) bond motifs is 3. The predicted octanol–water partition coefficient (Wildman–Crippen LogP) is 10.1. The average molecular weight is 566 g/mol. The molecule has 0 bridgehead atoms. The topological polar surface area (TPSA) is 17.3 Å². The number of halogens is 1. The van der Waals surface area contributed by atoms with Crippen molar-refractivity contribution in [3.8, 4) is 11.3 Å². The van der Waals surface area contributed by atoms with Gasteiger partial charge in [-0.1, -0.05) is 98.2 Å². The minimum Gasteiger partial charge on any atom is -0.343 e. The van der Waals surface area contributed by atoms with Gasteiger partial charge >= 0.3 is 0 Å². The Morgan fingerprint density at radius 3 is 2.42 bits per heavy atom. The molecule has 2 heterocycles. The zero-order chi connectivity index (χ0) is 27.0. The summed E-state index contributed by atoms with van der Waals surface area (Å²) in [6, 6.07) is 15.7. The molecule has 38 heavy (non-hydrogen) atoms. The third-order valence-electron chi connectivity index (χ3n) is 7.79. The van der Waals surface area contributed by atoms with E-state index < -0.39 is 0 Å². The van der Waals surface area contributed by atoms with Crippen LogP contribution in [0.3, 0.4) is 0 Å². The van der Waals surface area contributed by atoms with Crippen LogP contribution in [-0.2, 0) is 13.5 Å². The fourth-order valence-electron chi connectivity index (χ4n) is 5.81. The first kappa shape index (κ1) is 26.4. The number of benzene rings is 2. The van der Waals surface area contributed by atoms with Crippen molar-refractivity contribution in [2.45, 2.75) is 59.3 Å². The fourth-order valence-corrected chi connectivity index (χ4v) is 6.08. The molecule has 0 radical (unpaired) electrons. The van der Waals surface area contributed by atoms with E-state index in [4.69, 9.17) is 4.99 Å². The van der Waals surface area contributed by atoms with Crippen molar-refractivity contribution in [3.05, 3.63) is 110 Å². The van der Waals surface area contributed by atoms with Gasteiger partial charge in [0, 0.05) is 29.3 Å². The molecule has 0 amide bonds. The Morgan fingerprint density at radius 2 is 1.71 bits per heavy atom. The SMILES string of the molecule is C/C=C\c1c(/C=C/Br)c(-c2ccc(C(C)C)cc2C(C)C)n(C)c1/C=C1/C=C2CCc3ccccc3C2=N1. The molecule has 0 fully saturated rings. The number of nitrogens with zero attached hydrogens (tertiary/aromatic N) is 2. The van der Waals surface area contributed by atoms with E-state index in [2.05, 4.69) is 135 Å². The van der Waals surface area contributed by atoms with E-state index in [-0.39, 0.29) is 0 Å². The highest BCUT2D eigenvalue weighted by molar-refractivity contribution is 9.11. The third-order valence-corrected chi connectivity index (χ3v) is 8.05. The summed E-state index contributed by atoms with van der Waals surface area (Å²) in [5.41, 5.74) is 15.1. The molecule has 2 nitrogen and oxygen atoms in total. The van der Waals surface area contributed by atoms with Crippen molar-refractivity contribution in [1.29, 1.82) is 0 Å². The zero-order valence-corrected chi connectivity index (χ0v) is 24.9. The molecule has 2 aromatic carbocycles. The summed E-state index contributed by atoms with van der Waals surface area (Å²) in [6.45, 7) is 11.2. The van der Waals surface area contributed by atoms with Crippen molar-refractivity contribution in [2.24, 2.45) is 12.0 Å². The lowest BCUT2D eigenvalue weighted by atomic mass is 9.87. The molecular weight excluding hydrogens is 528 g/mol. The maximum Gasteiger partial charge on any atom is 0.0744 e. The van der Waals surface area contributed by atoms with Crippen molar-refractivity contribution in [3.63, 3.8) is 0 Å². The van der Waals surface area contributed by atoms with E-state index in [9.17, 15) is 0 Å². The van der Waals surface area contributed by atoms with Crippen molar-refractivity contribution < 1.29 is 0 Å². The first-order chi connectivity index (χ1) is 18.3. The van der Waals surface area contributed by atoms with E-state index >= 15 is 0 Å². The fraction of sp³-hybridized carbons (Fsp3) is 0.286. The van der Waals surface area contributed by atoms with Gasteiger partial charge in [0.1, 0.15) is 0 Å². The summed E-state index contributed by atoms with van der Waals surface area (Å²) in [5, 5.41) is 0. The van der Waals surface area contributed by atoms with E-state index in [0.717, 1.165) is 24.3 Å². The number of hydrogen-bond acceptors (Lipinski definition) is 1. The first-order valence-corrected chi connectivity index (χ1v) is 14.6. The van der Waals surface area contributed by atoms with E-state index in [1.807, 2.05) is 4.99 Å². The van der Waals surface area contributed by atoms with Crippen LogP contribution in [0.1, 0.15) is 91.9 Å². The van der Waals surface area contributed by atoms with Crippen LogP contribution in [0, 0.1) is 0 Å². The summed E-state index contributed by atoms with van der Waals surface area (Å²) >= 11 is 3.57. The number of hydrogen-bond donors (Lipinski definition) is 0. The Labute approximate surface area is 236 Å². The van der Waals surface area contributed by atoms with Crippen LogP contribution in [0.2, 0.25) is 0 Å². The predicted molar refractivity (Wildman–Crippen MR) is 169 cm³/mol. The molecular formula is C35H37BrN2. The van der Waals surface area contributed by atoms with Crippen molar-refractivity contribution in [1.82, 2.24) is 4.57 Å². The van der Waals surface area contributed by atoms with Gasteiger partial charge in [0.25, 0.3) is 0 Å². The maximum atomic E-state index is 5.14. The molecule has 2 aliphatic rings. The highest BCUT2D eigenvalue weighted by Crippen LogP contribution is 2.40. The second kappa shape index (κ2) is 10.9. The van der Waals surface area contributed by atoms with Crippen molar-refractivity contribution >= 4 is 39.9 Å². The number of rotatable bonds is 6. The Balaban J connectivity index is 1.72. The molecule has 0 atom stereocenters. The van der Waals surface area contributed by atoms with Crippen LogP contribution in [0.15, 0.2) is 75.9 Å². The first-order valence-electron chi connectivity index (χ1n) is 13.7. The second-order valence-electron chi connectivity index (χ2n) is 10.9. The minimum absolute atomic E-state index is 0.417.